The lowest BCUT2D eigenvalue weighted by Gasteiger charge is -2.30. The Kier molecular flexibility index (Phi) is 4.71. The fourth-order valence-corrected chi connectivity index (χ4v) is 3.80. The van der Waals surface area contributed by atoms with Crippen molar-refractivity contribution in [3.63, 3.8) is 0 Å². The number of rotatable bonds is 4. The Bertz CT molecular complexity index is 677. The van der Waals surface area contributed by atoms with Crippen LogP contribution in [-0.2, 0) is 0 Å². The molecule has 2 N–H and O–H groups in total. The normalized spacial score (nSPS) is 21.4. The third kappa shape index (κ3) is 3.13. The van der Waals surface area contributed by atoms with Crippen LogP contribution < -0.4 is 10.5 Å². The summed E-state index contributed by atoms with van der Waals surface area (Å²) in [5.74, 6) is 2.64. The first-order chi connectivity index (χ1) is 11.1. The Morgan fingerprint density at radius 2 is 2.09 bits per heavy atom. The molecule has 124 valence electrons. The molecule has 2 atom stereocenters. The number of methoxy groups -OCH3 is 1. The van der Waals surface area contributed by atoms with E-state index in [1.54, 1.807) is 7.11 Å². The molecule has 4 nitrogen and oxygen atoms in total. The smallest absolute Gasteiger partial charge is 0.140 e. The average Bonchev–Trinajstić information content (AvgIpc) is 3.06. The quantitative estimate of drug-likeness (QED) is 0.932. The van der Waals surface area contributed by atoms with Gasteiger partial charge in [-0.05, 0) is 68.8 Å². The molecule has 1 heterocycles. The van der Waals surface area contributed by atoms with E-state index < -0.39 is 0 Å². The molecule has 0 bridgehead atoms. The van der Waals surface area contributed by atoms with Crippen LogP contribution in [0.15, 0.2) is 24.5 Å². The number of hydrogen-bond donors (Lipinski definition) is 1. The molecular formula is C19H27N3O. The number of hydrogen-bond acceptors (Lipinski definition) is 3. The van der Waals surface area contributed by atoms with Crippen LogP contribution in [0.25, 0.3) is 11.4 Å². The second-order valence-corrected chi connectivity index (χ2v) is 6.72. The molecule has 0 saturated heterocycles. The summed E-state index contributed by atoms with van der Waals surface area (Å²) in [6, 6.07) is 4.81. The van der Waals surface area contributed by atoms with E-state index in [2.05, 4.69) is 41.7 Å². The molecule has 1 aliphatic rings. The van der Waals surface area contributed by atoms with Gasteiger partial charge in [0, 0.05) is 24.0 Å². The van der Waals surface area contributed by atoms with E-state index in [0.29, 0.717) is 12.0 Å². The Balaban J connectivity index is 1.96. The topological polar surface area (TPSA) is 53.1 Å². The van der Waals surface area contributed by atoms with E-state index in [1.807, 2.05) is 6.20 Å². The molecule has 1 fully saturated rings. The van der Waals surface area contributed by atoms with Crippen LogP contribution in [0.1, 0.15) is 42.9 Å². The van der Waals surface area contributed by atoms with Gasteiger partial charge in [-0.25, -0.2) is 4.98 Å². The van der Waals surface area contributed by atoms with Crippen molar-refractivity contribution in [1.82, 2.24) is 9.55 Å². The van der Waals surface area contributed by atoms with Gasteiger partial charge in [-0.3, -0.25) is 0 Å². The first-order valence-corrected chi connectivity index (χ1v) is 8.52. The van der Waals surface area contributed by atoms with Gasteiger partial charge in [0.2, 0.25) is 0 Å². The summed E-state index contributed by atoms with van der Waals surface area (Å²) in [5.41, 5.74) is 9.45. The minimum Gasteiger partial charge on any atom is -0.496 e. The van der Waals surface area contributed by atoms with E-state index >= 15 is 0 Å². The second-order valence-electron chi connectivity index (χ2n) is 6.72. The molecule has 0 spiro atoms. The first kappa shape index (κ1) is 16.1. The maximum atomic E-state index is 5.91. The lowest BCUT2D eigenvalue weighted by Crippen LogP contribution is -2.24. The number of ether oxygens (including phenoxy) is 1. The first-order valence-electron chi connectivity index (χ1n) is 8.52. The Labute approximate surface area is 138 Å². The average molecular weight is 313 g/mol. The summed E-state index contributed by atoms with van der Waals surface area (Å²) in [6.07, 6.45) is 8.93. The minimum atomic E-state index is 0.511. The van der Waals surface area contributed by atoms with Gasteiger partial charge < -0.3 is 15.0 Å². The van der Waals surface area contributed by atoms with Crippen molar-refractivity contribution >= 4 is 0 Å². The highest BCUT2D eigenvalue weighted by atomic mass is 16.5. The fraction of sp³-hybridized carbons (Fsp3) is 0.526. The molecule has 4 heteroatoms. The van der Waals surface area contributed by atoms with E-state index in [9.17, 15) is 0 Å². The summed E-state index contributed by atoms with van der Waals surface area (Å²) in [6.45, 7) is 5.00. The molecule has 0 unspecified atom stereocenters. The van der Waals surface area contributed by atoms with Gasteiger partial charge in [-0.15, -0.1) is 0 Å². The van der Waals surface area contributed by atoms with Crippen molar-refractivity contribution in [3.8, 4) is 17.1 Å². The van der Waals surface area contributed by atoms with Gasteiger partial charge in [0.25, 0.3) is 0 Å². The molecular weight excluding hydrogens is 286 g/mol. The van der Waals surface area contributed by atoms with Gasteiger partial charge in [-0.2, -0.15) is 0 Å². The van der Waals surface area contributed by atoms with Crippen LogP contribution in [0.3, 0.4) is 0 Å². The Morgan fingerprint density at radius 1 is 1.26 bits per heavy atom. The van der Waals surface area contributed by atoms with E-state index in [0.717, 1.165) is 30.1 Å². The van der Waals surface area contributed by atoms with E-state index in [-0.39, 0.29) is 0 Å². The summed E-state index contributed by atoms with van der Waals surface area (Å²) in [4.78, 5) is 4.66. The standard InChI is InChI=1S/C19H27N3O/c1-13-10-18(23-3)14(2)9-17(13)19-21-7-8-22(19)16-6-4-5-15(11-16)12-20/h7-10,15-16H,4-6,11-12,20H2,1-3H3/t15-,16+/m0/s1. The molecule has 1 aromatic carbocycles. The number of benzene rings is 1. The van der Waals surface area contributed by atoms with Crippen LogP contribution in [0.2, 0.25) is 0 Å². The number of nitrogens with two attached hydrogens (primary N) is 1. The van der Waals surface area contributed by atoms with E-state index in [4.69, 9.17) is 10.5 Å². The molecule has 3 rings (SSSR count). The van der Waals surface area contributed by atoms with Crippen LogP contribution in [0.5, 0.6) is 5.75 Å². The van der Waals surface area contributed by atoms with Crippen molar-refractivity contribution < 1.29 is 4.74 Å². The molecule has 0 amide bonds. The summed E-state index contributed by atoms with van der Waals surface area (Å²) in [7, 11) is 1.72. The largest absolute Gasteiger partial charge is 0.496 e. The van der Waals surface area contributed by atoms with Crippen molar-refractivity contribution in [2.24, 2.45) is 11.7 Å². The maximum Gasteiger partial charge on any atom is 0.140 e. The summed E-state index contributed by atoms with van der Waals surface area (Å²) < 4.78 is 7.79. The van der Waals surface area contributed by atoms with Crippen molar-refractivity contribution in [2.75, 3.05) is 13.7 Å². The molecule has 0 aliphatic heterocycles. The summed E-state index contributed by atoms with van der Waals surface area (Å²) >= 11 is 0. The highest BCUT2D eigenvalue weighted by Gasteiger charge is 2.24. The lowest BCUT2D eigenvalue weighted by molar-refractivity contribution is 0.273. The third-order valence-electron chi connectivity index (χ3n) is 5.13. The highest BCUT2D eigenvalue weighted by Crippen LogP contribution is 2.36. The Morgan fingerprint density at radius 3 is 2.83 bits per heavy atom. The second kappa shape index (κ2) is 6.75. The van der Waals surface area contributed by atoms with Gasteiger partial charge in [0.15, 0.2) is 0 Å². The number of aromatic nitrogens is 2. The molecule has 1 aromatic heterocycles. The van der Waals surface area contributed by atoms with E-state index in [1.165, 1.54) is 30.4 Å². The van der Waals surface area contributed by atoms with Crippen molar-refractivity contribution in [2.45, 2.75) is 45.6 Å². The van der Waals surface area contributed by atoms with Crippen LogP contribution in [0.4, 0.5) is 0 Å². The monoisotopic (exact) mass is 313 g/mol. The molecule has 1 aliphatic carbocycles. The predicted molar refractivity (Wildman–Crippen MR) is 93.7 cm³/mol. The SMILES string of the molecule is COc1cc(C)c(-c2nccn2[C@@H]2CCC[C@H](CN)C2)cc1C. The number of nitrogens with zero attached hydrogens (tertiary/aromatic N) is 2. The molecule has 0 radical (unpaired) electrons. The zero-order chi connectivity index (χ0) is 16.4. The molecule has 1 saturated carbocycles. The van der Waals surface area contributed by atoms with Gasteiger partial charge in [-0.1, -0.05) is 6.42 Å². The maximum absolute atomic E-state index is 5.91. The molecule has 23 heavy (non-hydrogen) atoms. The predicted octanol–water partition coefficient (Wildman–Crippen LogP) is 3.87. The number of aryl methyl sites for hydroxylation is 2. The highest BCUT2D eigenvalue weighted by molar-refractivity contribution is 5.64. The number of imidazole rings is 1. The zero-order valence-corrected chi connectivity index (χ0v) is 14.4. The zero-order valence-electron chi connectivity index (χ0n) is 14.4. The minimum absolute atomic E-state index is 0.511. The fourth-order valence-electron chi connectivity index (χ4n) is 3.80. The third-order valence-corrected chi connectivity index (χ3v) is 5.13. The van der Waals surface area contributed by atoms with Crippen molar-refractivity contribution in [1.29, 1.82) is 0 Å². The van der Waals surface area contributed by atoms with Gasteiger partial charge in [0.05, 0.1) is 7.11 Å². The van der Waals surface area contributed by atoms with Crippen LogP contribution >= 0.6 is 0 Å². The summed E-state index contributed by atoms with van der Waals surface area (Å²) in [5, 5.41) is 0. The van der Waals surface area contributed by atoms with Gasteiger partial charge >= 0.3 is 0 Å². The Hall–Kier alpha value is -1.81. The lowest BCUT2D eigenvalue weighted by atomic mass is 9.85. The van der Waals surface area contributed by atoms with Crippen LogP contribution in [0, 0.1) is 19.8 Å². The van der Waals surface area contributed by atoms with Crippen molar-refractivity contribution in [3.05, 3.63) is 35.7 Å². The van der Waals surface area contributed by atoms with Gasteiger partial charge in [0.1, 0.15) is 11.6 Å². The molecule has 2 aromatic rings. The van der Waals surface area contributed by atoms with Crippen LogP contribution in [-0.4, -0.2) is 23.2 Å².